The van der Waals surface area contributed by atoms with Gasteiger partial charge < -0.3 is 10.6 Å². The number of rotatable bonds is 1. The Morgan fingerprint density at radius 1 is 1.21 bits per heavy atom. The van der Waals surface area contributed by atoms with E-state index in [1.165, 1.54) is 38.8 Å². The van der Waals surface area contributed by atoms with E-state index in [1.54, 1.807) is 0 Å². The molecule has 1 saturated heterocycles. The van der Waals surface area contributed by atoms with Crippen LogP contribution < -0.4 is 5.73 Å². The average molecular weight is 198 g/mol. The van der Waals surface area contributed by atoms with Gasteiger partial charge in [0, 0.05) is 0 Å². The molecule has 2 aliphatic rings. The highest BCUT2D eigenvalue weighted by atomic mass is 15.1. The minimum absolute atomic E-state index is 0.733. The highest BCUT2D eigenvalue weighted by Crippen LogP contribution is 2.51. The molecule has 0 radical (unpaired) electrons. The van der Waals surface area contributed by atoms with E-state index < -0.39 is 0 Å². The summed E-state index contributed by atoms with van der Waals surface area (Å²) < 4.78 is 0. The summed E-state index contributed by atoms with van der Waals surface area (Å²) in [6.07, 6.45) is 5.66. The smallest absolute Gasteiger partial charge is 0.00165 e. The van der Waals surface area contributed by atoms with Crippen molar-refractivity contribution in [2.24, 2.45) is 17.1 Å². The van der Waals surface area contributed by atoms with Crippen LogP contribution in [-0.2, 0) is 0 Å². The van der Waals surface area contributed by atoms with E-state index in [4.69, 9.17) is 5.73 Å². The second-order valence-electron chi connectivity index (χ2n) is 4.81. The van der Waals surface area contributed by atoms with E-state index in [9.17, 15) is 0 Å². The van der Waals surface area contributed by atoms with Gasteiger partial charge in [-0.3, -0.25) is 0 Å². The third-order valence-corrected chi connectivity index (χ3v) is 3.82. The Balaban J connectivity index is 0.000000461. The molecule has 1 saturated carbocycles. The Bertz CT molecular complexity index is 144. The van der Waals surface area contributed by atoms with Crippen molar-refractivity contribution >= 4 is 0 Å². The zero-order valence-electron chi connectivity index (χ0n) is 10.1. The van der Waals surface area contributed by atoms with Gasteiger partial charge in [0.25, 0.3) is 0 Å². The Kier molecular flexibility index (Phi) is 4.39. The van der Waals surface area contributed by atoms with Crippen molar-refractivity contribution in [2.75, 3.05) is 26.7 Å². The molecule has 2 N–H and O–H groups in total. The largest absolute Gasteiger partial charge is 0.330 e. The van der Waals surface area contributed by atoms with Crippen molar-refractivity contribution in [3.05, 3.63) is 0 Å². The molecule has 0 aromatic carbocycles. The summed E-state index contributed by atoms with van der Waals surface area (Å²) in [6.45, 7) is 7.52. The molecule has 2 nitrogen and oxygen atoms in total. The van der Waals surface area contributed by atoms with Gasteiger partial charge in [0.1, 0.15) is 0 Å². The molecule has 2 fully saturated rings. The lowest BCUT2D eigenvalue weighted by Crippen LogP contribution is -2.47. The van der Waals surface area contributed by atoms with Gasteiger partial charge in [-0.25, -0.2) is 0 Å². The van der Waals surface area contributed by atoms with E-state index in [-0.39, 0.29) is 0 Å². The van der Waals surface area contributed by atoms with Crippen LogP contribution in [0.15, 0.2) is 0 Å². The molecule has 0 atom stereocenters. The Morgan fingerprint density at radius 3 is 2.14 bits per heavy atom. The lowest BCUT2D eigenvalue weighted by atomic mass is 9.57. The maximum Gasteiger partial charge on any atom is -0.00165 e. The van der Waals surface area contributed by atoms with Crippen molar-refractivity contribution in [2.45, 2.75) is 39.5 Å². The maximum atomic E-state index is 5.64. The van der Waals surface area contributed by atoms with Crippen molar-refractivity contribution < 1.29 is 0 Å². The van der Waals surface area contributed by atoms with Crippen LogP contribution in [-0.4, -0.2) is 31.6 Å². The van der Waals surface area contributed by atoms with E-state index >= 15 is 0 Å². The van der Waals surface area contributed by atoms with Gasteiger partial charge >= 0.3 is 0 Å². The van der Waals surface area contributed by atoms with Crippen LogP contribution in [0, 0.1) is 11.3 Å². The molecule has 0 unspecified atom stereocenters. The van der Waals surface area contributed by atoms with Crippen molar-refractivity contribution in [3.8, 4) is 0 Å². The normalized spacial score (nSPS) is 26.6. The number of nitrogens with zero attached hydrogens (tertiary/aromatic N) is 1. The Labute approximate surface area is 88.8 Å². The van der Waals surface area contributed by atoms with E-state index in [0.29, 0.717) is 0 Å². The average Bonchev–Trinajstić information content (AvgIpc) is 2.19. The first-order chi connectivity index (χ1) is 6.74. The molecular formula is C12H26N2. The summed E-state index contributed by atoms with van der Waals surface area (Å²) in [4.78, 5) is 2.45. The first-order valence-corrected chi connectivity index (χ1v) is 6.13. The Morgan fingerprint density at radius 2 is 1.71 bits per heavy atom. The second kappa shape index (κ2) is 5.13. The minimum atomic E-state index is 0.733. The summed E-state index contributed by atoms with van der Waals surface area (Å²) in [7, 11) is 2.23. The molecule has 2 heteroatoms. The van der Waals surface area contributed by atoms with Gasteiger partial charge in [0.2, 0.25) is 0 Å². The number of hydrogen-bond donors (Lipinski definition) is 1. The third-order valence-electron chi connectivity index (χ3n) is 3.82. The topological polar surface area (TPSA) is 29.3 Å². The molecule has 0 bridgehead atoms. The van der Waals surface area contributed by atoms with Crippen molar-refractivity contribution in [1.29, 1.82) is 0 Å². The summed E-state index contributed by atoms with van der Waals surface area (Å²) in [5.74, 6) is 0.855. The van der Waals surface area contributed by atoms with Gasteiger partial charge in [0.05, 0.1) is 0 Å². The van der Waals surface area contributed by atoms with Crippen LogP contribution in [0.5, 0.6) is 0 Å². The fourth-order valence-corrected chi connectivity index (χ4v) is 2.83. The van der Waals surface area contributed by atoms with Gasteiger partial charge in [-0.2, -0.15) is 0 Å². The molecule has 84 valence electrons. The third kappa shape index (κ3) is 2.48. The van der Waals surface area contributed by atoms with Crippen LogP contribution in [0.1, 0.15) is 39.5 Å². The van der Waals surface area contributed by atoms with Crippen LogP contribution in [0.3, 0.4) is 0 Å². The van der Waals surface area contributed by atoms with Crippen molar-refractivity contribution in [3.63, 3.8) is 0 Å². The van der Waals surface area contributed by atoms with E-state index in [1.807, 2.05) is 13.8 Å². The Hall–Kier alpha value is -0.0800. The van der Waals surface area contributed by atoms with Crippen LogP contribution in [0.4, 0.5) is 0 Å². The first-order valence-electron chi connectivity index (χ1n) is 6.13. The molecule has 1 spiro atoms. The molecular weight excluding hydrogens is 172 g/mol. The monoisotopic (exact) mass is 198 g/mol. The predicted octanol–water partition coefficient (Wildman–Crippen LogP) is 2.09. The first kappa shape index (κ1) is 12.0. The number of likely N-dealkylation sites (tertiary alicyclic amines) is 1. The molecule has 0 aromatic rings. The van der Waals surface area contributed by atoms with Gasteiger partial charge in [-0.05, 0) is 63.7 Å². The lowest BCUT2D eigenvalue weighted by molar-refractivity contribution is -0.00293. The van der Waals surface area contributed by atoms with Crippen LogP contribution >= 0.6 is 0 Å². The molecule has 0 amide bonds. The molecule has 0 aromatic heterocycles. The molecule has 2 rings (SSSR count). The van der Waals surface area contributed by atoms with Crippen LogP contribution in [0.2, 0.25) is 0 Å². The highest BCUT2D eigenvalue weighted by molar-refractivity contribution is 4.96. The minimum Gasteiger partial charge on any atom is -0.330 e. The lowest BCUT2D eigenvalue weighted by Gasteiger charge is -2.51. The zero-order valence-corrected chi connectivity index (χ0v) is 10.1. The summed E-state index contributed by atoms with van der Waals surface area (Å²) in [5.41, 5.74) is 6.37. The number of nitrogens with two attached hydrogens (primary N) is 1. The second-order valence-corrected chi connectivity index (χ2v) is 4.81. The summed E-state index contributed by atoms with van der Waals surface area (Å²) >= 11 is 0. The summed E-state index contributed by atoms with van der Waals surface area (Å²) in [6, 6.07) is 0. The van der Waals surface area contributed by atoms with E-state index in [0.717, 1.165) is 17.9 Å². The van der Waals surface area contributed by atoms with Gasteiger partial charge in [0.15, 0.2) is 0 Å². The van der Waals surface area contributed by atoms with E-state index in [2.05, 4.69) is 11.9 Å². The number of hydrogen-bond acceptors (Lipinski definition) is 2. The van der Waals surface area contributed by atoms with Gasteiger partial charge in [-0.1, -0.05) is 13.8 Å². The number of piperidine rings is 1. The van der Waals surface area contributed by atoms with Crippen molar-refractivity contribution in [1.82, 2.24) is 4.90 Å². The summed E-state index contributed by atoms with van der Waals surface area (Å²) in [5, 5.41) is 0. The fourth-order valence-electron chi connectivity index (χ4n) is 2.83. The molecule has 1 aliphatic heterocycles. The standard InChI is InChI=1S/C10H20N2.C2H6/c1-12-4-2-10(3-5-12)6-9(7-10)8-11;1-2/h9H,2-8,11H2,1H3;1-2H3. The zero-order chi connectivity index (χ0) is 10.6. The highest BCUT2D eigenvalue weighted by Gasteiger charge is 2.44. The predicted molar refractivity (Wildman–Crippen MR) is 62.3 cm³/mol. The molecule has 1 heterocycles. The quantitative estimate of drug-likeness (QED) is 0.699. The van der Waals surface area contributed by atoms with Crippen LogP contribution in [0.25, 0.3) is 0 Å². The van der Waals surface area contributed by atoms with Gasteiger partial charge in [-0.15, -0.1) is 0 Å². The fraction of sp³-hybridized carbons (Fsp3) is 1.00. The SMILES string of the molecule is CC.CN1CCC2(CC1)CC(CN)C2. The molecule has 1 aliphatic carbocycles. The maximum absolute atomic E-state index is 5.64. The molecule has 14 heavy (non-hydrogen) atoms.